The van der Waals surface area contributed by atoms with Crippen LogP contribution in [0.1, 0.15) is 52.2 Å². The molecule has 24 heavy (non-hydrogen) atoms. The smallest absolute Gasteiger partial charge is 0.305 e. The van der Waals surface area contributed by atoms with Crippen molar-refractivity contribution in [2.24, 2.45) is 0 Å². The minimum Gasteiger partial charge on any atom is -0.469 e. The molecule has 2 heteroatoms. The molecule has 2 nitrogen and oxygen atoms in total. The molecule has 0 aliphatic carbocycles. The molecule has 2 aromatic carbocycles. The van der Waals surface area contributed by atoms with Crippen molar-refractivity contribution in [3.05, 3.63) is 59.7 Å². The van der Waals surface area contributed by atoms with Gasteiger partial charge in [-0.15, -0.1) is 0 Å². The summed E-state index contributed by atoms with van der Waals surface area (Å²) in [6, 6.07) is 17.0. The normalized spacial score (nSPS) is 9.08. The number of carbonyl (C=O) groups is 1. The Kier molecular flexibility index (Phi) is 12.2. The molecule has 0 fully saturated rings. The molecule has 0 spiro atoms. The zero-order valence-electron chi connectivity index (χ0n) is 16.1. The summed E-state index contributed by atoms with van der Waals surface area (Å²) >= 11 is 0. The molecular weight excluding hydrogens is 296 g/mol. The van der Waals surface area contributed by atoms with Crippen LogP contribution in [-0.4, -0.2) is 13.1 Å². The fourth-order valence-corrected chi connectivity index (χ4v) is 2.15. The van der Waals surface area contributed by atoms with Crippen LogP contribution in [0.4, 0.5) is 0 Å². The zero-order chi connectivity index (χ0) is 18.4. The SMILES string of the molecule is CC.CC.CCc1ccc(-c2ccc(CCC(=O)OC)cc2)cc1. The molecule has 0 aliphatic heterocycles. The average molecular weight is 328 g/mol. The molecule has 0 amide bonds. The molecule has 0 bridgehead atoms. The first-order valence-corrected chi connectivity index (χ1v) is 8.98. The summed E-state index contributed by atoms with van der Waals surface area (Å²) < 4.78 is 4.65. The highest BCUT2D eigenvalue weighted by Crippen LogP contribution is 2.21. The number of methoxy groups -OCH3 is 1. The van der Waals surface area contributed by atoms with E-state index in [2.05, 4.69) is 60.2 Å². The van der Waals surface area contributed by atoms with Crippen LogP contribution in [0.25, 0.3) is 11.1 Å². The minimum absolute atomic E-state index is 0.163. The fourth-order valence-electron chi connectivity index (χ4n) is 2.15. The van der Waals surface area contributed by atoms with E-state index < -0.39 is 0 Å². The molecule has 0 aromatic heterocycles. The molecular formula is C22H32O2. The average Bonchev–Trinajstić information content (AvgIpc) is 2.69. The molecule has 0 saturated carbocycles. The van der Waals surface area contributed by atoms with Crippen molar-refractivity contribution >= 4 is 5.97 Å². The highest BCUT2D eigenvalue weighted by Gasteiger charge is 2.02. The lowest BCUT2D eigenvalue weighted by atomic mass is 10.0. The van der Waals surface area contributed by atoms with Gasteiger partial charge in [0.2, 0.25) is 0 Å². The first-order chi connectivity index (χ1) is 11.7. The van der Waals surface area contributed by atoms with Crippen LogP contribution >= 0.6 is 0 Å². The van der Waals surface area contributed by atoms with E-state index >= 15 is 0 Å². The Balaban J connectivity index is 0.00000123. The van der Waals surface area contributed by atoms with Gasteiger partial charge in [-0.3, -0.25) is 4.79 Å². The first-order valence-electron chi connectivity index (χ1n) is 8.98. The third-order valence-corrected chi connectivity index (χ3v) is 3.49. The Morgan fingerprint density at radius 1 is 0.792 bits per heavy atom. The number of aryl methyl sites for hydroxylation is 2. The Morgan fingerprint density at radius 3 is 1.58 bits per heavy atom. The molecule has 0 saturated heterocycles. The summed E-state index contributed by atoms with van der Waals surface area (Å²) in [6.07, 6.45) is 2.22. The van der Waals surface area contributed by atoms with Crippen LogP contribution in [0, 0.1) is 0 Å². The lowest BCUT2D eigenvalue weighted by Gasteiger charge is -2.05. The van der Waals surface area contributed by atoms with Gasteiger partial charge in [-0.05, 0) is 35.1 Å². The lowest BCUT2D eigenvalue weighted by molar-refractivity contribution is -0.140. The predicted molar refractivity (Wildman–Crippen MR) is 104 cm³/mol. The van der Waals surface area contributed by atoms with Crippen LogP contribution in [0.3, 0.4) is 0 Å². The number of ether oxygens (including phenoxy) is 1. The summed E-state index contributed by atoms with van der Waals surface area (Å²) in [5.74, 6) is -0.163. The molecule has 2 aromatic rings. The molecule has 0 heterocycles. The van der Waals surface area contributed by atoms with Crippen LogP contribution in [0.15, 0.2) is 48.5 Å². The van der Waals surface area contributed by atoms with Crippen molar-refractivity contribution in [2.45, 2.75) is 53.9 Å². The Morgan fingerprint density at radius 2 is 1.21 bits per heavy atom. The second-order valence-electron chi connectivity index (χ2n) is 4.82. The summed E-state index contributed by atoms with van der Waals surface area (Å²) in [6.45, 7) is 10.2. The van der Waals surface area contributed by atoms with Gasteiger partial charge in [0.05, 0.1) is 7.11 Å². The van der Waals surface area contributed by atoms with Gasteiger partial charge in [0.15, 0.2) is 0 Å². The maximum Gasteiger partial charge on any atom is 0.305 e. The van der Waals surface area contributed by atoms with Crippen LogP contribution in [-0.2, 0) is 22.4 Å². The van der Waals surface area contributed by atoms with Crippen molar-refractivity contribution in [2.75, 3.05) is 7.11 Å². The van der Waals surface area contributed by atoms with Gasteiger partial charge in [0.25, 0.3) is 0 Å². The van der Waals surface area contributed by atoms with E-state index in [9.17, 15) is 4.79 Å². The summed E-state index contributed by atoms with van der Waals surface area (Å²) in [5.41, 5.74) is 4.93. The number of esters is 1. The number of hydrogen-bond acceptors (Lipinski definition) is 2. The van der Waals surface area contributed by atoms with Gasteiger partial charge >= 0.3 is 5.97 Å². The third kappa shape index (κ3) is 7.45. The summed E-state index contributed by atoms with van der Waals surface area (Å²) in [4.78, 5) is 11.1. The largest absolute Gasteiger partial charge is 0.469 e. The second-order valence-corrected chi connectivity index (χ2v) is 4.82. The van der Waals surface area contributed by atoms with Gasteiger partial charge in [-0.1, -0.05) is 83.1 Å². The molecule has 0 aliphatic rings. The van der Waals surface area contributed by atoms with E-state index in [-0.39, 0.29) is 5.97 Å². The Bertz CT molecular complexity index is 554. The molecule has 0 radical (unpaired) electrons. The molecule has 0 atom stereocenters. The van der Waals surface area contributed by atoms with Gasteiger partial charge in [-0.2, -0.15) is 0 Å². The molecule has 132 valence electrons. The highest BCUT2D eigenvalue weighted by atomic mass is 16.5. The number of hydrogen-bond donors (Lipinski definition) is 0. The van der Waals surface area contributed by atoms with Gasteiger partial charge in [0, 0.05) is 6.42 Å². The van der Waals surface area contributed by atoms with Gasteiger partial charge in [0.1, 0.15) is 0 Å². The van der Waals surface area contributed by atoms with E-state index in [4.69, 9.17) is 0 Å². The topological polar surface area (TPSA) is 26.3 Å². The summed E-state index contributed by atoms with van der Waals surface area (Å²) in [7, 11) is 1.42. The zero-order valence-corrected chi connectivity index (χ0v) is 16.1. The molecule has 0 unspecified atom stereocenters. The van der Waals surface area contributed by atoms with Gasteiger partial charge in [-0.25, -0.2) is 0 Å². The van der Waals surface area contributed by atoms with Crippen LogP contribution in [0.2, 0.25) is 0 Å². The molecule has 0 N–H and O–H groups in total. The van der Waals surface area contributed by atoms with E-state index in [1.807, 2.05) is 27.7 Å². The second kappa shape index (κ2) is 13.4. The maximum absolute atomic E-state index is 11.1. The fraction of sp³-hybridized carbons (Fsp3) is 0.409. The molecule has 2 rings (SSSR count). The van der Waals surface area contributed by atoms with Crippen LogP contribution in [0.5, 0.6) is 0 Å². The lowest BCUT2D eigenvalue weighted by Crippen LogP contribution is -2.01. The monoisotopic (exact) mass is 328 g/mol. The van der Waals surface area contributed by atoms with Crippen molar-refractivity contribution in [1.29, 1.82) is 0 Å². The van der Waals surface area contributed by atoms with Crippen molar-refractivity contribution in [1.82, 2.24) is 0 Å². The summed E-state index contributed by atoms with van der Waals surface area (Å²) in [5, 5.41) is 0. The highest BCUT2D eigenvalue weighted by molar-refractivity contribution is 5.69. The number of benzene rings is 2. The van der Waals surface area contributed by atoms with E-state index in [1.54, 1.807) is 0 Å². The third-order valence-electron chi connectivity index (χ3n) is 3.49. The number of rotatable bonds is 5. The first kappa shape index (κ1) is 21.9. The quantitative estimate of drug-likeness (QED) is 0.622. The van der Waals surface area contributed by atoms with Crippen molar-refractivity contribution < 1.29 is 9.53 Å². The Labute approximate surface area is 147 Å². The van der Waals surface area contributed by atoms with Crippen molar-refractivity contribution in [3.8, 4) is 11.1 Å². The standard InChI is InChI=1S/C18H20O2.2C2H6/c1-3-14-4-9-16(10-5-14)17-11-6-15(7-12-17)8-13-18(19)20-2;2*1-2/h4-7,9-12H,3,8,13H2,1-2H3;2*1-2H3. The van der Waals surface area contributed by atoms with E-state index in [0.29, 0.717) is 6.42 Å². The van der Waals surface area contributed by atoms with Crippen LogP contribution < -0.4 is 0 Å². The minimum atomic E-state index is -0.163. The van der Waals surface area contributed by atoms with Crippen molar-refractivity contribution in [3.63, 3.8) is 0 Å². The van der Waals surface area contributed by atoms with Gasteiger partial charge < -0.3 is 4.74 Å². The van der Waals surface area contributed by atoms with E-state index in [1.165, 1.54) is 23.8 Å². The number of carbonyl (C=O) groups excluding carboxylic acids is 1. The predicted octanol–water partition coefficient (Wildman–Crippen LogP) is 6.07. The van der Waals surface area contributed by atoms with E-state index in [0.717, 1.165) is 18.4 Å². The maximum atomic E-state index is 11.1. The Hall–Kier alpha value is -2.09.